The minimum absolute atomic E-state index is 0.129. The highest BCUT2D eigenvalue weighted by Crippen LogP contribution is 2.12. The lowest BCUT2D eigenvalue weighted by Gasteiger charge is -2.22. The number of hydrogen-bond acceptors (Lipinski definition) is 5. The molecule has 0 bridgehead atoms. The van der Waals surface area contributed by atoms with Crippen LogP contribution in [0.1, 0.15) is 17.2 Å². The Morgan fingerprint density at radius 3 is 1.89 bits per heavy atom. The summed E-state index contributed by atoms with van der Waals surface area (Å²) in [6.45, 7) is 2.19. The molecular weight excluding hydrogens is 364 g/mol. The first-order valence-electron chi connectivity index (χ1n) is 8.59. The van der Waals surface area contributed by atoms with Crippen LogP contribution in [-0.4, -0.2) is 39.0 Å². The van der Waals surface area contributed by atoms with Crippen molar-refractivity contribution in [1.82, 2.24) is 24.0 Å². The fourth-order valence-electron chi connectivity index (χ4n) is 2.84. The summed E-state index contributed by atoms with van der Waals surface area (Å²) < 4.78 is 26.8. The van der Waals surface area contributed by atoms with Crippen molar-refractivity contribution in [1.29, 1.82) is 0 Å². The van der Waals surface area contributed by atoms with Crippen molar-refractivity contribution in [2.45, 2.75) is 24.4 Å². The van der Waals surface area contributed by atoms with Crippen LogP contribution < -0.4 is 5.14 Å². The standard InChI is InChI=1S/C18H24N6O2S/c1-22-11-8-20-17(22)13-24(14-18-21-9-12-23(18)2)10-7-15-3-5-16(6-4-15)27(19,25)26/h3-6,8-9,11-12H,7,10,13-14H2,1-2H3,(H2,19,25,26). The Hall–Kier alpha value is -2.49. The van der Waals surface area contributed by atoms with Crippen LogP contribution in [0.5, 0.6) is 0 Å². The summed E-state index contributed by atoms with van der Waals surface area (Å²) in [6.07, 6.45) is 8.22. The first kappa shape index (κ1) is 19.3. The molecule has 0 saturated heterocycles. The molecule has 0 amide bonds. The van der Waals surface area contributed by atoms with Gasteiger partial charge in [0.15, 0.2) is 0 Å². The summed E-state index contributed by atoms with van der Waals surface area (Å²) in [4.78, 5) is 11.2. The van der Waals surface area contributed by atoms with Gasteiger partial charge in [0.1, 0.15) is 11.6 Å². The highest BCUT2D eigenvalue weighted by atomic mass is 32.2. The summed E-state index contributed by atoms with van der Waals surface area (Å²) in [5.41, 5.74) is 1.05. The number of primary sulfonamides is 1. The van der Waals surface area contributed by atoms with Gasteiger partial charge < -0.3 is 9.13 Å². The van der Waals surface area contributed by atoms with E-state index in [1.165, 1.54) is 0 Å². The molecule has 3 aromatic rings. The minimum atomic E-state index is -3.66. The highest BCUT2D eigenvalue weighted by molar-refractivity contribution is 7.89. The first-order valence-corrected chi connectivity index (χ1v) is 10.1. The van der Waals surface area contributed by atoms with Crippen molar-refractivity contribution in [3.05, 3.63) is 66.3 Å². The molecule has 0 aliphatic heterocycles. The molecule has 27 heavy (non-hydrogen) atoms. The number of aryl methyl sites for hydroxylation is 2. The van der Waals surface area contributed by atoms with Gasteiger partial charge in [-0.15, -0.1) is 0 Å². The van der Waals surface area contributed by atoms with Gasteiger partial charge in [-0.05, 0) is 24.1 Å². The third kappa shape index (κ3) is 5.03. The molecule has 144 valence electrons. The second-order valence-electron chi connectivity index (χ2n) is 6.56. The molecular formula is C18H24N6O2S. The predicted molar refractivity (Wildman–Crippen MR) is 102 cm³/mol. The maximum Gasteiger partial charge on any atom is 0.238 e. The average molecular weight is 388 g/mol. The van der Waals surface area contributed by atoms with Gasteiger partial charge in [-0.25, -0.2) is 23.5 Å². The molecule has 2 N–H and O–H groups in total. The van der Waals surface area contributed by atoms with Crippen LogP contribution in [0.4, 0.5) is 0 Å². The van der Waals surface area contributed by atoms with Crippen molar-refractivity contribution in [3.63, 3.8) is 0 Å². The van der Waals surface area contributed by atoms with E-state index in [-0.39, 0.29) is 4.90 Å². The number of aromatic nitrogens is 4. The lowest BCUT2D eigenvalue weighted by molar-refractivity contribution is 0.242. The van der Waals surface area contributed by atoms with Gasteiger partial charge in [0.25, 0.3) is 0 Å². The van der Waals surface area contributed by atoms with E-state index in [1.54, 1.807) is 36.7 Å². The molecule has 0 unspecified atom stereocenters. The SMILES string of the molecule is Cn1ccnc1CN(CCc1ccc(S(N)(=O)=O)cc1)Cc1nccn1C. The van der Waals surface area contributed by atoms with E-state index < -0.39 is 10.0 Å². The number of nitrogens with two attached hydrogens (primary N) is 1. The topological polar surface area (TPSA) is 99.0 Å². The van der Waals surface area contributed by atoms with Gasteiger partial charge in [0.2, 0.25) is 10.0 Å². The Morgan fingerprint density at radius 2 is 1.48 bits per heavy atom. The maximum atomic E-state index is 11.4. The Balaban J connectivity index is 1.70. The van der Waals surface area contributed by atoms with E-state index in [4.69, 9.17) is 5.14 Å². The first-order chi connectivity index (χ1) is 12.8. The molecule has 2 heterocycles. The average Bonchev–Trinajstić information content (AvgIpc) is 3.21. The highest BCUT2D eigenvalue weighted by Gasteiger charge is 2.13. The largest absolute Gasteiger partial charge is 0.337 e. The maximum absolute atomic E-state index is 11.4. The lowest BCUT2D eigenvalue weighted by atomic mass is 10.1. The zero-order chi connectivity index (χ0) is 19.4. The van der Waals surface area contributed by atoms with E-state index in [9.17, 15) is 8.42 Å². The van der Waals surface area contributed by atoms with Crippen LogP contribution in [-0.2, 0) is 43.6 Å². The molecule has 0 radical (unpaired) electrons. The third-order valence-electron chi connectivity index (χ3n) is 4.54. The van der Waals surface area contributed by atoms with Crippen molar-refractivity contribution < 1.29 is 8.42 Å². The quantitative estimate of drug-likeness (QED) is 0.622. The molecule has 0 spiro atoms. The minimum Gasteiger partial charge on any atom is -0.337 e. The molecule has 9 heteroatoms. The summed E-state index contributed by atoms with van der Waals surface area (Å²) in [5.74, 6) is 1.96. The van der Waals surface area contributed by atoms with E-state index in [1.807, 2.05) is 35.6 Å². The molecule has 0 fully saturated rings. The number of nitrogens with zero attached hydrogens (tertiary/aromatic N) is 5. The molecule has 1 aromatic carbocycles. The number of imidazole rings is 2. The van der Waals surface area contributed by atoms with Crippen LogP contribution in [0, 0.1) is 0 Å². The van der Waals surface area contributed by atoms with E-state index in [0.717, 1.165) is 30.2 Å². The second kappa shape index (κ2) is 8.03. The number of sulfonamides is 1. The van der Waals surface area contributed by atoms with E-state index >= 15 is 0 Å². The Labute approximate surface area is 159 Å². The van der Waals surface area contributed by atoms with Gasteiger partial charge >= 0.3 is 0 Å². The Kier molecular flexibility index (Phi) is 5.73. The van der Waals surface area contributed by atoms with E-state index in [0.29, 0.717) is 13.1 Å². The zero-order valence-corrected chi connectivity index (χ0v) is 16.3. The fraction of sp³-hybridized carbons (Fsp3) is 0.333. The summed E-state index contributed by atoms with van der Waals surface area (Å²) in [7, 11) is 0.297. The van der Waals surface area contributed by atoms with Crippen molar-refractivity contribution in [3.8, 4) is 0 Å². The van der Waals surface area contributed by atoms with E-state index in [2.05, 4.69) is 14.9 Å². The molecule has 0 aliphatic rings. The number of hydrogen-bond donors (Lipinski definition) is 1. The molecule has 0 saturated carbocycles. The summed E-state index contributed by atoms with van der Waals surface area (Å²) in [6, 6.07) is 6.71. The molecule has 8 nitrogen and oxygen atoms in total. The Morgan fingerprint density at radius 1 is 0.963 bits per heavy atom. The van der Waals surface area contributed by atoms with Gasteiger partial charge in [0.05, 0.1) is 18.0 Å². The van der Waals surface area contributed by atoms with Gasteiger partial charge in [-0.1, -0.05) is 12.1 Å². The van der Waals surface area contributed by atoms with Crippen LogP contribution in [0.25, 0.3) is 0 Å². The summed E-state index contributed by atoms with van der Waals surface area (Å²) in [5, 5.41) is 5.15. The van der Waals surface area contributed by atoms with Gasteiger partial charge in [-0.2, -0.15) is 0 Å². The number of rotatable bonds is 8. The lowest BCUT2D eigenvalue weighted by Crippen LogP contribution is -2.28. The molecule has 2 aromatic heterocycles. The smallest absolute Gasteiger partial charge is 0.238 e. The zero-order valence-electron chi connectivity index (χ0n) is 15.5. The fourth-order valence-corrected chi connectivity index (χ4v) is 3.36. The van der Waals surface area contributed by atoms with Crippen molar-refractivity contribution >= 4 is 10.0 Å². The van der Waals surface area contributed by atoms with Crippen LogP contribution >= 0.6 is 0 Å². The summed E-state index contributed by atoms with van der Waals surface area (Å²) >= 11 is 0. The molecule has 0 aliphatic carbocycles. The van der Waals surface area contributed by atoms with Crippen molar-refractivity contribution in [2.75, 3.05) is 6.54 Å². The molecule has 0 atom stereocenters. The monoisotopic (exact) mass is 388 g/mol. The van der Waals surface area contributed by atoms with Crippen molar-refractivity contribution in [2.24, 2.45) is 19.2 Å². The molecule has 3 rings (SSSR count). The normalized spacial score (nSPS) is 12.0. The van der Waals surface area contributed by atoms with Crippen LogP contribution in [0.15, 0.2) is 53.9 Å². The number of benzene rings is 1. The second-order valence-corrected chi connectivity index (χ2v) is 8.12. The predicted octanol–water partition coefficient (Wildman–Crippen LogP) is 1.05. The van der Waals surface area contributed by atoms with Crippen LogP contribution in [0.2, 0.25) is 0 Å². The Bertz CT molecular complexity index is 949. The van der Waals surface area contributed by atoms with Gasteiger partial charge in [0, 0.05) is 45.4 Å². The van der Waals surface area contributed by atoms with Crippen LogP contribution in [0.3, 0.4) is 0 Å². The van der Waals surface area contributed by atoms with Gasteiger partial charge in [-0.3, -0.25) is 4.90 Å². The third-order valence-corrected chi connectivity index (χ3v) is 5.47.